The smallest absolute Gasteiger partial charge is 0.166 e. The third kappa shape index (κ3) is 0.812. The summed E-state index contributed by atoms with van der Waals surface area (Å²) in [6.45, 7) is 0. The van der Waals surface area contributed by atoms with Gasteiger partial charge in [-0.3, -0.25) is 4.79 Å². The van der Waals surface area contributed by atoms with Gasteiger partial charge in [0, 0.05) is 18.6 Å². The molecule has 2 rings (SSSR count). The monoisotopic (exact) mass is 161 g/mol. The Balaban J connectivity index is 2.87. The normalized spacial score (nSPS) is 10.4. The van der Waals surface area contributed by atoms with Gasteiger partial charge >= 0.3 is 0 Å². The molecule has 2 heterocycles. The van der Waals surface area contributed by atoms with Crippen molar-refractivity contribution in [1.29, 1.82) is 0 Å². The number of aldehydes is 1. The van der Waals surface area contributed by atoms with Crippen LogP contribution in [0.2, 0.25) is 0 Å². The number of hydrogen-bond acceptors (Lipinski definition) is 3. The van der Waals surface area contributed by atoms with E-state index in [9.17, 15) is 4.79 Å². The van der Waals surface area contributed by atoms with Crippen molar-refractivity contribution in [3.8, 4) is 0 Å². The molecule has 0 spiro atoms. The van der Waals surface area contributed by atoms with Crippen LogP contribution in [-0.4, -0.2) is 20.8 Å². The molecule has 0 aromatic carbocycles. The molecule has 0 unspecified atom stereocenters. The lowest BCUT2D eigenvalue weighted by atomic mass is 10.4. The Bertz CT molecular complexity index is 433. The Labute approximate surface area is 68.9 Å². The van der Waals surface area contributed by atoms with Crippen molar-refractivity contribution in [3.05, 3.63) is 24.3 Å². The summed E-state index contributed by atoms with van der Waals surface area (Å²) in [5.74, 6) is 0. The summed E-state index contributed by atoms with van der Waals surface area (Å²) < 4.78 is 1.74. The molecule has 2 aromatic rings. The average molecular weight is 161 g/mol. The first kappa shape index (κ1) is 6.97. The van der Waals surface area contributed by atoms with E-state index in [0.717, 1.165) is 17.3 Å². The first-order valence-corrected chi connectivity index (χ1v) is 3.53. The molecule has 0 radical (unpaired) electrons. The molecule has 2 aromatic heterocycles. The highest BCUT2D eigenvalue weighted by Crippen LogP contribution is 2.12. The minimum Gasteiger partial charge on any atom is -0.326 e. The maximum absolute atomic E-state index is 10.5. The van der Waals surface area contributed by atoms with Crippen LogP contribution in [0.15, 0.2) is 18.6 Å². The second kappa shape index (κ2) is 2.41. The van der Waals surface area contributed by atoms with Crippen LogP contribution in [0.4, 0.5) is 0 Å². The molecule has 0 N–H and O–H groups in total. The van der Waals surface area contributed by atoms with E-state index in [-0.39, 0.29) is 0 Å². The zero-order valence-electron chi connectivity index (χ0n) is 6.56. The average Bonchev–Trinajstić information content (AvgIpc) is 2.44. The van der Waals surface area contributed by atoms with E-state index in [2.05, 4.69) is 9.97 Å². The van der Waals surface area contributed by atoms with Crippen molar-refractivity contribution in [1.82, 2.24) is 14.5 Å². The molecule has 0 saturated heterocycles. The van der Waals surface area contributed by atoms with Crippen molar-refractivity contribution in [2.24, 2.45) is 7.05 Å². The van der Waals surface area contributed by atoms with Crippen molar-refractivity contribution in [2.75, 3.05) is 0 Å². The molecule has 12 heavy (non-hydrogen) atoms. The molecule has 0 bridgehead atoms. The quantitative estimate of drug-likeness (QED) is 0.580. The highest BCUT2D eigenvalue weighted by atomic mass is 16.1. The number of hydrogen-bond donors (Lipinski definition) is 0. The number of fused-ring (bicyclic) bond motifs is 1. The Morgan fingerprint density at radius 1 is 1.58 bits per heavy atom. The summed E-state index contributed by atoms with van der Waals surface area (Å²) in [6.07, 6.45) is 3.97. The Hall–Kier alpha value is -1.71. The van der Waals surface area contributed by atoms with Crippen LogP contribution in [0.25, 0.3) is 11.0 Å². The summed E-state index contributed by atoms with van der Waals surface area (Å²) in [5, 5.41) is 0.891. The van der Waals surface area contributed by atoms with Gasteiger partial charge in [-0.15, -0.1) is 0 Å². The summed E-state index contributed by atoms with van der Waals surface area (Å²) in [4.78, 5) is 18.4. The molecular formula is C8H7N3O. The van der Waals surface area contributed by atoms with Gasteiger partial charge in [0.25, 0.3) is 0 Å². The van der Waals surface area contributed by atoms with Gasteiger partial charge < -0.3 is 4.57 Å². The minimum atomic E-state index is 0.616. The Morgan fingerprint density at radius 3 is 3.08 bits per heavy atom. The van der Waals surface area contributed by atoms with Crippen LogP contribution in [-0.2, 0) is 7.05 Å². The van der Waals surface area contributed by atoms with Gasteiger partial charge in [-0.2, -0.15) is 0 Å². The van der Waals surface area contributed by atoms with Crippen LogP contribution in [0, 0.1) is 0 Å². The first-order valence-electron chi connectivity index (χ1n) is 3.53. The minimum absolute atomic E-state index is 0.616. The van der Waals surface area contributed by atoms with E-state index in [1.54, 1.807) is 23.9 Å². The Kier molecular flexibility index (Phi) is 1.40. The molecule has 0 atom stereocenters. The molecular weight excluding hydrogens is 154 g/mol. The van der Waals surface area contributed by atoms with Gasteiger partial charge in [0.05, 0.1) is 5.69 Å². The van der Waals surface area contributed by atoms with Crippen molar-refractivity contribution < 1.29 is 4.79 Å². The van der Waals surface area contributed by atoms with E-state index < -0.39 is 0 Å². The van der Waals surface area contributed by atoms with Gasteiger partial charge in [0.2, 0.25) is 0 Å². The van der Waals surface area contributed by atoms with E-state index >= 15 is 0 Å². The second-order valence-corrected chi connectivity index (χ2v) is 2.55. The van der Waals surface area contributed by atoms with E-state index in [1.165, 1.54) is 6.33 Å². The third-order valence-corrected chi connectivity index (χ3v) is 1.85. The van der Waals surface area contributed by atoms with Gasteiger partial charge in [0.15, 0.2) is 6.29 Å². The number of aryl methyl sites for hydroxylation is 1. The summed E-state index contributed by atoms with van der Waals surface area (Å²) in [5.41, 5.74) is 1.40. The van der Waals surface area contributed by atoms with Crippen LogP contribution < -0.4 is 0 Å². The molecule has 4 nitrogen and oxygen atoms in total. The zero-order valence-corrected chi connectivity index (χ0v) is 6.56. The van der Waals surface area contributed by atoms with Crippen LogP contribution >= 0.6 is 0 Å². The fraction of sp³-hybridized carbons (Fsp3) is 0.125. The largest absolute Gasteiger partial charge is 0.326 e. The van der Waals surface area contributed by atoms with Gasteiger partial charge in [-0.1, -0.05) is 0 Å². The number of carbonyl (C=O) groups excluding carboxylic acids is 1. The van der Waals surface area contributed by atoms with Crippen molar-refractivity contribution in [3.63, 3.8) is 0 Å². The number of rotatable bonds is 1. The predicted molar refractivity (Wildman–Crippen MR) is 43.9 cm³/mol. The maximum Gasteiger partial charge on any atom is 0.166 e. The summed E-state index contributed by atoms with van der Waals surface area (Å²) in [6, 6.07) is 1.77. The number of nitrogens with zero attached hydrogens (tertiary/aromatic N) is 3. The third-order valence-electron chi connectivity index (χ3n) is 1.85. The molecule has 4 heteroatoms. The highest BCUT2D eigenvalue weighted by molar-refractivity contribution is 5.85. The second-order valence-electron chi connectivity index (χ2n) is 2.55. The fourth-order valence-electron chi connectivity index (χ4n) is 1.21. The summed E-state index contributed by atoms with van der Waals surface area (Å²) >= 11 is 0. The zero-order chi connectivity index (χ0) is 8.55. The lowest BCUT2D eigenvalue weighted by molar-refractivity contribution is 0.111. The van der Waals surface area contributed by atoms with E-state index in [0.29, 0.717) is 5.69 Å². The lowest BCUT2D eigenvalue weighted by Gasteiger charge is -1.94. The standard InChI is InChI=1S/C8H7N3O/c1-11-7(4-12)2-6-3-9-5-10-8(6)11/h2-5H,1H3. The first-order chi connectivity index (χ1) is 5.83. The highest BCUT2D eigenvalue weighted by Gasteiger charge is 2.04. The molecule has 0 fully saturated rings. The van der Waals surface area contributed by atoms with Gasteiger partial charge in [0.1, 0.15) is 12.0 Å². The topological polar surface area (TPSA) is 47.8 Å². The van der Waals surface area contributed by atoms with E-state index in [1.807, 2.05) is 0 Å². The summed E-state index contributed by atoms with van der Waals surface area (Å²) in [7, 11) is 1.80. The molecule has 0 saturated carbocycles. The molecule has 60 valence electrons. The Morgan fingerprint density at radius 2 is 2.42 bits per heavy atom. The van der Waals surface area contributed by atoms with Crippen LogP contribution in [0.5, 0.6) is 0 Å². The van der Waals surface area contributed by atoms with Gasteiger partial charge in [-0.05, 0) is 6.07 Å². The molecule has 0 aliphatic carbocycles. The van der Waals surface area contributed by atoms with Crippen molar-refractivity contribution >= 4 is 17.3 Å². The maximum atomic E-state index is 10.5. The molecule has 0 amide bonds. The van der Waals surface area contributed by atoms with Crippen LogP contribution in [0.3, 0.4) is 0 Å². The number of aromatic nitrogens is 3. The number of carbonyl (C=O) groups is 1. The molecule has 0 aliphatic rings. The van der Waals surface area contributed by atoms with Gasteiger partial charge in [-0.25, -0.2) is 9.97 Å². The van der Waals surface area contributed by atoms with E-state index in [4.69, 9.17) is 0 Å². The fourth-order valence-corrected chi connectivity index (χ4v) is 1.21. The van der Waals surface area contributed by atoms with Crippen molar-refractivity contribution in [2.45, 2.75) is 0 Å². The SMILES string of the molecule is Cn1c(C=O)cc2cncnc21. The molecule has 0 aliphatic heterocycles. The van der Waals surface area contributed by atoms with Crippen LogP contribution in [0.1, 0.15) is 10.5 Å². The predicted octanol–water partition coefficient (Wildman–Crippen LogP) is 0.781. The lowest BCUT2D eigenvalue weighted by Crippen LogP contribution is -1.94.